The zero-order valence-corrected chi connectivity index (χ0v) is 10.8. The first-order valence-corrected chi connectivity index (χ1v) is 6.11. The third kappa shape index (κ3) is 5.38. The summed E-state index contributed by atoms with van der Waals surface area (Å²) in [6.45, 7) is 5.97. The first kappa shape index (κ1) is 13.6. The molecule has 0 aromatic heterocycles. The van der Waals surface area contributed by atoms with Crippen LogP contribution in [-0.4, -0.2) is 12.2 Å². The first-order valence-electron chi connectivity index (χ1n) is 6.11. The topological polar surface area (TPSA) is 38.3 Å². The van der Waals surface area contributed by atoms with E-state index in [0.29, 0.717) is 0 Å². The van der Waals surface area contributed by atoms with Crippen LogP contribution in [0.15, 0.2) is 35.6 Å². The molecule has 0 fully saturated rings. The summed E-state index contributed by atoms with van der Waals surface area (Å²) in [6.07, 6.45) is 10.3. The van der Waals surface area contributed by atoms with Gasteiger partial charge in [0.25, 0.3) is 0 Å². The van der Waals surface area contributed by atoms with E-state index in [0.717, 1.165) is 25.0 Å². The molecule has 1 amide bonds. The fourth-order valence-corrected chi connectivity index (χ4v) is 1.42. The van der Waals surface area contributed by atoms with Crippen molar-refractivity contribution in [1.82, 2.24) is 5.32 Å². The third-order valence-corrected chi connectivity index (χ3v) is 2.67. The van der Waals surface area contributed by atoms with Gasteiger partial charge >= 0.3 is 6.09 Å². The Bertz CT molecular complexity index is 353. The maximum absolute atomic E-state index is 11.5. The first-order chi connectivity index (χ1) is 8.11. The Labute approximate surface area is 103 Å². The molecule has 17 heavy (non-hydrogen) atoms. The number of ether oxygens (including phenoxy) is 1. The van der Waals surface area contributed by atoms with E-state index in [2.05, 4.69) is 18.3 Å². The Morgan fingerprint density at radius 2 is 2.29 bits per heavy atom. The molecule has 3 heteroatoms. The minimum Gasteiger partial charge on any atom is -0.446 e. The van der Waals surface area contributed by atoms with Crippen LogP contribution < -0.4 is 5.32 Å². The van der Waals surface area contributed by atoms with Crippen LogP contribution >= 0.6 is 0 Å². The molecule has 0 saturated heterocycles. The molecule has 94 valence electrons. The summed E-state index contributed by atoms with van der Waals surface area (Å²) in [6, 6.07) is 0. The van der Waals surface area contributed by atoms with Crippen molar-refractivity contribution in [3.63, 3.8) is 0 Å². The number of allylic oxidation sites excluding steroid dienone is 5. The van der Waals surface area contributed by atoms with Gasteiger partial charge in [-0.2, -0.15) is 0 Å². The Morgan fingerprint density at radius 3 is 3.00 bits per heavy atom. The van der Waals surface area contributed by atoms with Gasteiger partial charge in [-0.15, -0.1) is 0 Å². The lowest BCUT2D eigenvalue weighted by Gasteiger charge is -2.12. The zero-order chi connectivity index (χ0) is 12.7. The summed E-state index contributed by atoms with van der Waals surface area (Å²) in [4.78, 5) is 11.5. The van der Waals surface area contributed by atoms with Gasteiger partial charge in [0.1, 0.15) is 6.10 Å². The summed E-state index contributed by atoms with van der Waals surface area (Å²) >= 11 is 0. The second-order valence-corrected chi connectivity index (χ2v) is 4.30. The van der Waals surface area contributed by atoms with Gasteiger partial charge in [0, 0.05) is 5.70 Å². The van der Waals surface area contributed by atoms with Crippen LogP contribution in [0, 0.1) is 0 Å². The molecule has 1 unspecified atom stereocenters. The van der Waals surface area contributed by atoms with E-state index in [1.165, 1.54) is 5.57 Å². The van der Waals surface area contributed by atoms with Gasteiger partial charge in [-0.25, -0.2) is 4.79 Å². The molecule has 0 aliphatic heterocycles. The molecule has 1 rings (SSSR count). The van der Waals surface area contributed by atoms with Gasteiger partial charge in [-0.3, -0.25) is 5.32 Å². The van der Waals surface area contributed by atoms with E-state index >= 15 is 0 Å². The fraction of sp³-hybridized carbons (Fsp3) is 0.500. The van der Waals surface area contributed by atoms with Crippen molar-refractivity contribution in [2.24, 2.45) is 0 Å². The van der Waals surface area contributed by atoms with Crippen molar-refractivity contribution in [1.29, 1.82) is 0 Å². The molecule has 0 heterocycles. The van der Waals surface area contributed by atoms with Crippen molar-refractivity contribution in [2.75, 3.05) is 0 Å². The number of hydrogen-bond acceptors (Lipinski definition) is 2. The van der Waals surface area contributed by atoms with Crippen molar-refractivity contribution in [3.05, 3.63) is 35.6 Å². The van der Waals surface area contributed by atoms with Crippen LogP contribution in [0.2, 0.25) is 0 Å². The predicted molar refractivity (Wildman–Crippen MR) is 69.6 cm³/mol. The van der Waals surface area contributed by atoms with Crippen LogP contribution in [0.1, 0.15) is 40.0 Å². The van der Waals surface area contributed by atoms with Crippen molar-refractivity contribution in [2.45, 2.75) is 46.1 Å². The SMILES string of the molecule is CCC(C)OC(=O)NC1=CC/C=C(/C)C/C=C\1. The average Bonchev–Trinajstić information content (AvgIpc) is 2.25. The van der Waals surface area contributed by atoms with Crippen LogP contribution in [0.25, 0.3) is 0 Å². The van der Waals surface area contributed by atoms with Gasteiger partial charge in [0.2, 0.25) is 0 Å². The molecule has 1 aliphatic rings. The zero-order valence-electron chi connectivity index (χ0n) is 10.8. The number of amides is 1. The molecule has 0 bridgehead atoms. The molecule has 1 aliphatic carbocycles. The molecule has 0 saturated carbocycles. The van der Waals surface area contributed by atoms with E-state index in [1.807, 2.05) is 32.1 Å². The van der Waals surface area contributed by atoms with Gasteiger partial charge in [0.05, 0.1) is 0 Å². The molecular formula is C14H21NO2. The lowest BCUT2D eigenvalue weighted by atomic mass is 10.1. The number of carbonyl (C=O) groups excluding carboxylic acids is 1. The molecule has 1 N–H and O–H groups in total. The van der Waals surface area contributed by atoms with Gasteiger partial charge < -0.3 is 4.74 Å². The predicted octanol–water partition coefficient (Wildman–Crippen LogP) is 3.69. The quantitative estimate of drug-likeness (QED) is 0.758. The minimum atomic E-state index is -0.378. The summed E-state index contributed by atoms with van der Waals surface area (Å²) in [5.74, 6) is 0. The van der Waals surface area contributed by atoms with Crippen molar-refractivity contribution in [3.8, 4) is 0 Å². The Morgan fingerprint density at radius 1 is 1.53 bits per heavy atom. The largest absolute Gasteiger partial charge is 0.446 e. The molecule has 0 aromatic rings. The molecule has 0 spiro atoms. The lowest BCUT2D eigenvalue weighted by Crippen LogP contribution is -2.26. The highest BCUT2D eigenvalue weighted by molar-refractivity contribution is 5.70. The Hall–Kier alpha value is -1.51. The van der Waals surface area contributed by atoms with Crippen molar-refractivity contribution >= 4 is 6.09 Å². The minimum absolute atomic E-state index is 0.0460. The maximum atomic E-state index is 11.5. The molecule has 0 aromatic carbocycles. The second kappa shape index (κ2) is 6.94. The highest BCUT2D eigenvalue weighted by atomic mass is 16.6. The molecule has 0 radical (unpaired) electrons. The van der Waals surface area contributed by atoms with Crippen LogP contribution in [0.5, 0.6) is 0 Å². The van der Waals surface area contributed by atoms with E-state index in [-0.39, 0.29) is 12.2 Å². The van der Waals surface area contributed by atoms with E-state index in [4.69, 9.17) is 4.74 Å². The van der Waals surface area contributed by atoms with Crippen molar-refractivity contribution < 1.29 is 9.53 Å². The smallest absolute Gasteiger partial charge is 0.411 e. The summed E-state index contributed by atoms with van der Waals surface area (Å²) < 4.78 is 5.16. The van der Waals surface area contributed by atoms with E-state index in [9.17, 15) is 4.79 Å². The number of hydrogen-bond donors (Lipinski definition) is 1. The second-order valence-electron chi connectivity index (χ2n) is 4.30. The lowest BCUT2D eigenvalue weighted by molar-refractivity contribution is 0.107. The van der Waals surface area contributed by atoms with E-state index < -0.39 is 0 Å². The maximum Gasteiger partial charge on any atom is 0.411 e. The number of carbonyl (C=O) groups is 1. The van der Waals surface area contributed by atoms with Gasteiger partial charge in [-0.05, 0) is 39.2 Å². The summed E-state index contributed by atoms with van der Waals surface area (Å²) in [5.41, 5.74) is 2.15. The summed E-state index contributed by atoms with van der Waals surface area (Å²) in [7, 11) is 0. The molecule has 1 atom stereocenters. The number of nitrogens with one attached hydrogen (secondary N) is 1. The molecule has 3 nitrogen and oxygen atoms in total. The highest BCUT2D eigenvalue weighted by Gasteiger charge is 2.07. The Kier molecular flexibility index (Phi) is 5.53. The van der Waals surface area contributed by atoms with Crippen LogP contribution in [0.3, 0.4) is 0 Å². The number of alkyl carbamates (subject to hydrolysis) is 1. The monoisotopic (exact) mass is 235 g/mol. The summed E-state index contributed by atoms with van der Waals surface area (Å²) in [5, 5.41) is 2.75. The van der Waals surface area contributed by atoms with Crippen LogP contribution in [0.4, 0.5) is 4.79 Å². The third-order valence-electron chi connectivity index (χ3n) is 2.67. The van der Waals surface area contributed by atoms with Crippen LogP contribution in [-0.2, 0) is 4.74 Å². The standard InChI is InChI=1S/C14H21NO2/c1-4-12(3)17-14(16)15-13-9-5-7-11(2)8-6-10-13/h5,8-10,12H,4,6-7H2,1-3H3,(H,15,16)/b9-5-,11-8-,13-10?. The van der Waals surface area contributed by atoms with Gasteiger partial charge in [-0.1, -0.05) is 30.7 Å². The normalized spacial score (nSPS) is 22.3. The van der Waals surface area contributed by atoms with Gasteiger partial charge in [0.15, 0.2) is 0 Å². The number of rotatable bonds is 3. The molecular weight excluding hydrogens is 214 g/mol. The average molecular weight is 235 g/mol. The fourth-order valence-electron chi connectivity index (χ4n) is 1.42. The van der Waals surface area contributed by atoms with E-state index in [1.54, 1.807) is 0 Å². The highest BCUT2D eigenvalue weighted by Crippen LogP contribution is 2.09. The Balaban J connectivity index is 2.51.